The van der Waals surface area contributed by atoms with Crippen LogP contribution in [0.3, 0.4) is 0 Å². The molecular formula is C19H23FN2O5S. The molecule has 1 N–H and O–H groups in total. The molecule has 7 nitrogen and oxygen atoms in total. The van der Waals surface area contributed by atoms with Crippen molar-refractivity contribution < 1.29 is 27.1 Å². The van der Waals surface area contributed by atoms with Crippen molar-refractivity contribution >= 4 is 15.9 Å². The van der Waals surface area contributed by atoms with Gasteiger partial charge < -0.3 is 14.8 Å². The molecule has 0 saturated carbocycles. The van der Waals surface area contributed by atoms with Crippen molar-refractivity contribution in [1.29, 1.82) is 0 Å². The summed E-state index contributed by atoms with van der Waals surface area (Å²) in [5.41, 5.74) is 0.706. The first-order valence-corrected chi connectivity index (χ1v) is 9.99. The number of hydrogen-bond acceptors (Lipinski definition) is 5. The molecule has 0 bridgehead atoms. The lowest BCUT2D eigenvalue weighted by Crippen LogP contribution is -2.40. The Hall–Kier alpha value is -2.65. The van der Waals surface area contributed by atoms with Crippen molar-refractivity contribution in [2.45, 2.75) is 18.4 Å². The molecule has 152 valence electrons. The molecule has 0 aliphatic heterocycles. The summed E-state index contributed by atoms with van der Waals surface area (Å²) < 4.78 is 50.2. The Balaban J connectivity index is 2.12. The van der Waals surface area contributed by atoms with Crippen LogP contribution in [0, 0.1) is 5.82 Å². The van der Waals surface area contributed by atoms with Crippen LogP contribution in [0.4, 0.5) is 4.39 Å². The van der Waals surface area contributed by atoms with Gasteiger partial charge in [0.15, 0.2) is 0 Å². The van der Waals surface area contributed by atoms with Crippen molar-refractivity contribution in [2.75, 3.05) is 27.3 Å². The molecule has 0 fully saturated rings. The van der Waals surface area contributed by atoms with E-state index in [0.29, 0.717) is 11.3 Å². The minimum Gasteiger partial charge on any atom is -0.497 e. The molecule has 2 rings (SSSR count). The van der Waals surface area contributed by atoms with Gasteiger partial charge >= 0.3 is 0 Å². The van der Waals surface area contributed by atoms with Crippen LogP contribution < -0.4 is 14.8 Å². The van der Waals surface area contributed by atoms with Crippen molar-refractivity contribution in [1.82, 2.24) is 9.62 Å². The summed E-state index contributed by atoms with van der Waals surface area (Å²) in [4.78, 5) is 12.2. The van der Waals surface area contributed by atoms with Crippen LogP contribution in [0.5, 0.6) is 11.5 Å². The fraction of sp³-hybridized carbons (Fsp3) is 0.316. The second kappa shape index (κ2) is 9.52. The number of nitrogens with one attached hydrogen (secondary N) is 1. The molecule has 9 heteroatoms. The molecule has 0 unspecified atom stereocenters. The van der Waals surface area contributed by atoms with E-state index in [-0.39, 0.29) is 36.1 Å². The van der Waals surface area contributed by atoms with Crippen molar-refractivity contribution in [3.63, 3.8) is 0 Å². The van der Waals surface area contributed by atoms with Gasteiger partial charge in [0.05, 0.1) is 20.8 Å². The molecule has 0 aromatic heterocycles. The van der Waals surface area contributed by atoms with Gasteiger partial charge in [0, 0.05) is 19.2 Å². The van der Waals surface area contributed by atoms with E-state index < -0.39 is 15.9 Å². The lowest BCUT2D eigenvalue weighted by atomic mass is 10.2. The SMILES string of the molecule is CCN(CC(=O)NCc1ccc(F)cc1)S(=O)(=O)c1ccc(OC)cc1OC. The van der Waals surface area contributed by atoms with Crippen molar-refractivity contribution in [3.8, 4) is 11.5 Å². The molecule has 2 aromatic carbocycles. The van der Waals surface area contributed by atoms with Crippen LogP contribution in [-0.4, -0.2) is 45.9 Å². The number of benzene rings is 2. The molecule has 0 heterocycles. The second-order valence-corrected chi connectivity index (χ2v) is 7.76. The highest BCUT2D eigenvalue weighted by atomic mass is 32.2. The van der Waals surface area contributed by atoms with Gasteiger partial charge in [-0.2, -0.15) is 4.31 Å². The maximum absolute atomic E-state index is 13.0. The fourth-order valence-corrected chi connectivity index (χ4v) is 4.05. The normalized spacial score (nSPS) is 11.3. The zero-order chi connectivity index (χ0) is 20.7. The van der Waals surface area contributed by atoms with Crippen LogP contribution in [0.15, 0.2) is 47.4 Å². The van der Waals surface area contributed by atoms with Gasteiger partial charge in [0.2, 0.25) is 15.9 Å². The minimum absolute atomic E-state index is 0.0519. The van der Waals surface area contributed by atoms with E-state index in [1.165, 1.54) is 44.6 Å². The molecule has 0 aliphatic rings. The maximum Gasteiger partial charge on any atom is 0.247 e. The number of halogens is 1. The number of likely N-dealkylation sites (N-methyl/N-ethyl adjacent to an activating group) is 1. The first kappa shape index (κ1) is 21.6. The third-order valence-electron chi connectivity index (χ3n) is 4.06. The summed E-state index contributed by atoms with van der Waals surface area (Å²) in [6.45, 7) is 1.56. The first-order valence-electron chi connectivity index (χ1n) is 8.55. The van der Waals surface area contributed by atoms with Gasteiger partial charge in [-0.05, 0) is 29.8 Å². The molecular weight excluding hydrogens is 387 g/mol. The Morgan fingerprint density at radius 2 is 1.79 bits per heavy atom. The van der Waals surface area contributed by atoms with Crippen molar-refractivity contribution in [3.05, 3.63) is 53.8 Å². The third-order valence-corrected chi connectivity index (χ3v) is 6.02. The quantitative estimate of drug-likeness (QED) is 0.685. The lowest BCUT2D eigenvalue weighted by molar-refractivity contribution is -0.121. The predicted octanol–water partition coefficient (Wildman–Crippen LogP) is 2.17. The summed E-state index contributed by atoms with van der Waals surface area (Å²) >= 11 is 0. The van der Waals surface area contributed by atoms with Gasteiger partial charge in [-0.3, -0.25) is 4.79 Å². The molecule has 0 aliphatic carbocycles. The third kappa shape index (κ3) is 5.20. The van der Waals surface area contributed by atoms with Gasteiger partial charge in [-0.1, -0.05) is 19.1 Å². The van der Waals surface area contributed by atoms with Crippen molar-refractivity contribution in [2.24, 2.45) is 0 Å². The van der Waals surface area contributed by atoms with Gasteiger partial charge in [-0.25, -0.2) is 12.8 Å². The average molecular weight is 410 g/mol. The summed E-state index contributed by atoms with van der Waals surface area (Å²) in [6.07, 6.45) is 0. The zero-order valence-corrected chi connectivity index (χ0v) is 16.8. The maximum atomic E-state index is 13.0. The van der Waals surface area contributed by atoms with Crippen LogP contribution in [0.25, 0.3) is 0 Å². The monoisotopic (exact) mass is 410 g/mol. The van der Waals surface area contributed by atoms with E-state index in [0.717, 1.165) is 4.31 Å². The van der Waals surface area contributed by atoms with E-state index >= 15 is 0 Å². The van der Waals surface area contributed by atoms with Crippen LogP contribution >= 0.6 is 0 Å². The van der Waals surface area contributed by atoms with E-state index in [4.69, 9.17) is 9.47 Å². The van der Waals surface area contributed by atoms with Gasteiger partial charge in [-0.15, -0.1) is 0 Å². The van der Waals surface area contributed by atoms with Gasteiger partial charge in [0.1, 0.15) is 22.2 Å². The Morgan fingerprint density at radius 1 is 1.11 bits per heavy atom. The summed E-state index contributed by atoms with van der Waals surface area (Å²) in [5.74, 6) is -0.255. The predicted molar refractivity (Wildman–Crippen MR) is 102 cm³/mol. The smallest absolute Gasteiger partial charge is 0.247 e. The average Bonchev–Trinajstić information content (AvgIpc) is 2.70. The van der Waals surface area contributed by atoms with E-state index in [1.54, 1.807) is 19.1 Å². The number of carbonyl (C=O) groups excluding carboxylic acids is 1. The van der Waals surface area contributed by atoms with Gasteiger partial charge in [0.25, 0.3) is 0 Å². The fourth-order valence-electron chi connectivity index (χ4n) is 2.51. The highest BCUT2D eigenvalue weighted by Crippen LogP contribution is 2.30. The molecule has 0 saturated heterocycles. The highest BCUT2D eigenvalue weighted by molar-refractivity contribution is 7.89. The van der Waals surface area contributed by atoms with E-state index in [9.17, 15) is 17.6 Å². The van der Waals surface area contributed by atoms with Crippen LogP contribution in [0.2, 0.25) is 0 Å². The lowest BCUT2D eigenvalue weighted by Gasteiger charge is -2.21. The zero-order valence-electron chi connectivity index (χ0n) is 15.9. The van der Waals surface area contributed by atoms with E-state index in [2.05, 4.69) is 5.32 Å². The number of ether oxygens (including phenoxy) is 2. The number of sulfonamides is 1. The summed E-state index contributed by atoms with van der Waals surface area (Å²) in [5, 5.41) is 2.63. The molecule has 0 radical (unpaired) electrons. The second-order valence-electron chi connectivity index (χ2n) is 5.85. The molecule has 0 spiro atoms. The Labute approximate surface area is 164 Å². The number of rotatable bonds is 9. The van der Waals surface area contributed by atoms with Crippen LogP contribution in [-0.2, 0) is 21.4 Å². The van der Waals surface area contributed by atoms with Crippen LogP contribution in [0.1, 0.15) is 12.5 Å². The Kier molecular flexibility index (Phi) is 7.36. The Bertz CT molecular complexity index is 916. The summed E-state index contributed by atoms with van der Waals surface area (Å²) in [6, 6.07) is 10.0. The molecule has 0 atom stereocenters. The minimum atomic E-state index is -3.96. The highest BCUT2D eigenvalue weighted by Gasteiger charge is 2.28. The number of methoxy groups -OCH3 is 2. The molecule has 1 amide bonds. The Morgan fingerprint density at radius 3 is 2.36 bits per heavy atom. The first-order chi connectivity index (χ1) is 13.3. The standard InChI is InChI=1S/C19H23FN2O5S/c1-4-22(13-19(23)21-12-14-5-7-15(20)8-6-14)28(24,25)18-10-9-16(26-2)11-17(18)27-3/h5-11H,4,12-13H2,1-3H3,(H,21,23). The topological polar surface area (TPSA) is 84.9 Å². The number of carbonyl (C=O) groups is 1. The molecule has 2 aromatic rings. The summed E-state index contributed by atoms with van der Waals surface area (Å²) in [7, 11) is -1.13. The molecule has 28 heavy (non-hydrogen) atoms. The number of hydrogen-bond donors (Lipinski definition) is 1. The number of amides is 1. The largest absolute Gasteiger partial charge is 0.497 e. The van der Waals surface area contributed by atoms with E-state index in [1.807, 2.05) is 0 Å². The number of nitrogens with zero attached hydrogens (tertiary/aromatic N) is 1.